The molecule has 3 fully saturated rings. The highest BCUT2D eigenvalue weighted by atomic mass is 32.2. The molecule has 3 heterocycles. The quantitative estimate of drug-likeness (QED) is 0.619. The number of nitrogens with one attached hydrogen (secondary N) is 1. The van der Waals surface area contributed by atoms with Crippen LogP contribution in [0.25, 0.3) is 11.1 Å². The summed E-state index contributed by atoms with van der Waals surface area (Å²) in [6, 6.07) is 11.6. The van der Waals surface area contributed by atoms with Gasteiger partial charge in [-0.05, 0) is 81.1 Å². The molecule has 0 bridgehead atoms. The molecule has 0 aromatic heterocycles. The van der Waals surface area contributed by atoms with E-state index in [0.29, 0.717) is 25.2 Å². The van der Waals surface area contributed by atoms with Gasteiger partial charge in [-0.1, -0.05) is 30.3 Å². The van der Waals surface area contributed by atoms with Gasteiger partial charge in [0.15, 0.2) is 0 Å². The van der Waals surface area contributed by atoms with Crippen molar-refractivity contribution in [1.82, 2.24) is 19.4 Å². The van der Waals surface area contributed by atoms with Crippen molar-refractivity contribution in [2.45, 2.75) is 63.2 Å². The van der Waals surface area contributed by atoms with Crippen molar-refractivity contribution in [2.75, 3.05) is 39.8 Å². The topological polar surface area (TPSA) is 76.1 Å². The zero-order valence-corrected chi connectivity index (χ0v) is 23.0. The number of benzene rings is 2. The Morgan fingerprint density at radius 2 is 1.76 bits per heavy atom. The van der Waals surface area contributed by atoms with Gasteiger partial charge in [-0.3, -0.25) is 15.1 Å². The Morgan fingerprint density at radius 3 is 2.41 bits per heavy atom. The van der Waals surface area contributed by atoms with Gasteiger partial charge in [-0.2, -0.15) is 4.31 Å². The van der Waals surface area contributed by atoms with Crippen LogP contribution >= 0.6 is 0 Å². The summed E-state index contributed by atoms with van der Waals surface area (Å²) in [6.45, 7) is 8.02. The molecular weight excluding hydrogens is 491 g/mol. The van der Waals surface area contributed by atoms with Crippen LogP contribution in [0.3, 0.4) is 0 Å². The second kappa shape index (κ2) is 10.4. The fourth-order valence-corrected chi connectivity index (χ4v) is 8.42. The highest BCUT2D eigenvalue weighted by Gasteiger charge is 2.51. The Morgan fingerprint density at radius 1 is 1.05 bits per heavy atom. The minimum absolute atomic E-state index is 0.0185. The fraction of sp³-hybridized carbons (Fsp3) is 0.571. The summed E-state index contributed by atoms with van der Waals surface area (Å²) < 4.78 is 43.1. The van der Waals surface area contributed by atoms with Gasteiger partial charge in [0, 0.05) is 37.6 Å². The molecule has 5 rings (SSSR count). The molecule has 0 aliphatic carbocycles. The first-order valence-corrected chi connectivity index (χ1v) is 14.8. The number of likely N-dealkylation sites (N-methyl/N-ethyl adjacent to an activating group) is 1. The zero-order chi connectivity index (χ0) is 26.5. The molecule has 202 valence electrons. The van der Waals surface area contributed by atoms with Crippen molar-refractivity contribution >= 4 is 10.0 Å². The van der Waals surface area contributed by atoms with Gasteiger partial charge in [0.2, 0.25) is 10.0 Å². The van der Waals surface area contributed by atoms with Crippen LogP contribution < -0.4 is 5.32 Å². The molecule has 3 aliphatic rings. The van der Waals surface area contributed by atoms with E-state index in [1.54, 1.807) is 11.2 Å². The summed E-state index contributed by atoms with van der Waals surface area (Å²) in [6.07, 6.45) is 1.74. The first-order chi connectivity index (χ1) is 17.6. The van der Waals surface area contributed by atoms with Crippen LogP contribution in [-0.4, -0.2) is 91.1 Å². The minimum Gasteiger partial charge on any atom is -0.395 e. The largest absolute Gasteiger partial charge is 0.395 e. The summed E-state index contributed by atoms with van der Waals surface area (Å²) in [5.74, 6) is -0.153. The van der Waals surface area contributed by atoms with Gasteiger partial charge >= 0.3 is 0 Å². The minimum atomic E-state index is -3.51. The maximum atomic E-state index is 14.0. The molecule has 0 radical (unpaired) electrons. The predicted molar refractivity (Wildman–Crippen MR) is 144 cm³/mol. The van der Waals surface area contributed by atoms with Crippen molar-refractivity contribution < 1.29 is 17.9 Å². The van der Waals surface area contributed by atoms with Crippen LogP contribution in [0.15, 0.2) is 36.4 Å². The van der Waals surface area contributed by atoms with Crippen molar-refractivity contribution in [3.63, 3.8) is 0 Å². The Bertz CT molecular complexity index is 1240. The zero-order valence-electron chi connectivity index (χ0n) is 22.2. The van der Waals surface area contributed by atoms with Crippen LogP contribution in [0.2, 0.25) is 0 Å². The SMILES string of the molecule is Cc1c(F)ccc(-c2ccc([C@@H]3C(CO)N4CCCCN(S(=O)(=O)C5CNC(C)N5C)CC34)cc2)c1C. The van der Waals surface area contributed by atoms with Crippen molar-refractivity contribution in [3.8, 4) is 11.1 Å². The Labute approximate surface area is 220 Å². The first kappa shape index (κ1) is 26.7. The van der Waals surface area contributed by atoms with Crippen LogP contribution in [0.5, 0.6) is 0 Å². The lowest BCUT2D eigenvalue weighted by molar-refractivity contribution is -0.0555. The van der Waals surface area contributed by atoms with E-state index in [2.05, 4.69) is 34.5 Å². The monoisotopic (exact) mass is 530 g/mol. The summed E-state index contributed by atoms with van der Waals surface area (Å²) in [7, 11) is -1.65. The summed E-state index contributed by atoms with van der Waals surface area (Å²) in [5, 5.41) is 13.0. The lowest BCUT2D eigenvalue weighted by Crippen LogP contribution is -2.68. The number of aliphatic hydroxyl groups excluding tert-OH is 1. The normalized spacial score (nSPS) is 29.9. The van der Waals surface area contributed by atoms with E-state index in [4.69, 9.17) is 0 Å². The number of nitrogens with zero attached hydrogens (tertiary/aromatic N) is 3. The summed E-state index contributed by atoms with van der Waals surface area (Å²) in [5.41, 5.74) is 4.72. The van der Waals surface area contributed by atoms with E-state index >= 15 is 0 Å². The highest BCUT2D eigenvalue weighted by Crippen LogP contribution is 2.43. The molecule has 4 unspecified atom stereocenters. The number of hydrogen-bond acceptors (Lipinski definition) is 6. The maximum absolute atomic E-state index is 14.0. The van der Waals surface area contributed by atoms with E-state index < -0.39 is 15.4 Å². The van der Waals surface area contributed by atoms with Crippen LogP contribution in [0.1, 0.15) is 42.4 Å². The lowest BCUT2D eigenvalue weighted by Gasteiger charge is -2.57. The van der Waals surface area contributed by atoms with E-state index in [1.807, 2.05) is 31.9 Å². The molecular formula is C28H39FN4O3S. The maximum Gasteiger partial charge on any atom is 0.231 e. The molecule has 7 nitrogen and oxygen atoms in total. The van der Waals surface area contributed by atoms with Crippen LogP contribution in [-0.2, 0) is 10.0 Å². The Balaban J connectivity index is 1.41. The molecule has 3 aliphatic heterocycles. The summed E-state index contributed by atoms with van der Waals surface area (Å²) >= 11 is 0. The molecule has 5 atom stereocenters. The van der Waals surface area contributed by atoms with Gasteiger partial charge in [-0.15, -0.1) is 0 Å². The Kier molecular flexibility index (Phi) is 7.48. The number of halogens is 1. The fourth-order valence-electron chi connectivity index (χ4n) is 6.42. The van der Waals surface area contributed by atoms with Gasteiger partial charge in [0.1, 0.15) is 11.2 Å². The smallest absolute Gasteiger partial charge is 0.231 e. The molecule has 0 saturated carbocycles. The van der Waals surface area contributed by atoms with Crippen LogP contribution in [0.4, 0.5) is 4.39 Å². The standard InChI is InChI=1S/C28H39FN4O3S/c1-18-19(2)24(29)12-11-23(18)21-7-9-22(10-8-21)28-25-16-32(13-5-6-14-33(25)26(28)17-34)37(35,36)27-15-30-20(3)31(27)4/h7-12,20,25-28,30,34H,5-6,13-17H2,1-4H3/t20?,25?,26?,27?,28-/m0/s1. The lowest BCUT2D eigenvalue weighted by atomic mass is 9.74. The number of sulfonamides is 1. The third-order valence-electron chi connectivity index (χ3n) is 9.02. The molecule has 0 amide bonds. The summed E-state index contributed by atoms with van der Waals surface area (Å²) in [4.78, 5) is 4.20. The molecule has 0 spiro atoms. The van der Waals surface area contributed by atoms with Crippen molar-refractivity contribution in [2.24, 2.45) is 0 Å². The molecule has 9 heteroatoms. The van der Waals surface area contributed by atoms with E-state index in [-0.39, 0.29) is 36.6 Å². The van der Waals surface area contributed by atoms with Crippen molar-refractivity contribution in [3.05, 3.63) is 58.9 Å². The van der Waals surface area contributed by atoms with E-state index in [9.17, 15) is 17.9 Å². The third kappa shape index (κ3) is 4.64. The molecule has 37 heavy (non-hydrogen) atoms. The first-order valence-electron chi connectivity index (χ1n) is 13.3. The third-order valence-corrected chi connectivity index (χ3v) is 11.3. The van der Waals surface area contributed by atoms with E-state index in [1.165, 1.54) is 6.07 Å². The Hall–Kier alpha value is -1.88. The average Bonchev–Trinajstić information content (AvgIpc) is 3.20. The number of fused-ring (bicyclic) bond motifs is 1. The molecule has 3 saturated heterocycles. The second-order valence-corrected chi connectivity index (χ2v) is 13.0. The number of rotatable bonds is 5. The molecule has 2 aromatic carbocycles. The van der Waals surface area contributed by atoms with Gasteiger partial charge < -0.3 is 5.11 Å². The molecule has 2 N–H and O–H groups in total. The highest BCUT2D eigenvalue weighted by molar-refractivity contribution is 7.89. The van der Waals surface area contributed by atoms with Gasteiger partial charge in [-0.25, -0.2) is 12.8 Å². The second-order valence-electron chi connectivity index (χ2n) is 10.9. The average molecular weight is 531 g/mol. The van der Waals surface area contributed by atoms with Gasteiger partial charge in [0.05, 0.1) is 12.8 Å². The van der Waals surface area contributed by atoms with Crippen LogP contribution in [0, 0.1) is 19.7 Å². The molecule has 2 aromatic rings. The number of hydrogen-bond donors (Lipinski definition) is 2. The van der Waals surface area contributed by atoms with Crippen molar-refractivity contribution in [1.29, 1.82) is 0 Å². The number of aliphatic hydroxyl groups is 1. The van der Waals surface area contributed by atoms with E-state index in [0.717, 1.165) is 41.6 Å². The van der Waals surface area contributed by atoms with Gasteiger partial charge in [0.25, 0.3) is 0 Å². The predicted octanol–water partition coefficient (Wildman–Crippen LogP) is 2.87.